The molecule has 0 radical (unpaired) electrons. The van der Waals surface area contributed by atoms with Gasteiger partial charge < -0.3 is 5.32 Å². The summed E-state index contributed by atoms with van der Waals surface area (Å²) < 4.78 is 28.4. The first kappa shape index (κ1) is 17.9. The van der Waals surface area contributed by atoms with Gasteiger partial charge in [0.1, 0.15) is 17.5 Å². The van der Waals surface area contributed by atoms with Gasteiger partial charge in [-0.1, -0.05) is 18.2 Å². The molecule has 6 heteroatoms. The molecule has 1 aromatic heterocycles. The second-order valence-corrected chi connectivity index (χ2v) is 6.49. The third-order valence-corrected chi connectivity index (χ3v) is 4.52. The molecular formula is C22H17F2N3O. The number of aryl methyl sites for hydroxylation is 1. The molecule has 0 bridgehead atoms. The van der Waals surface area contributed by atoms with Crippen molar-refractivity contribution in [1.82, 2.24) is 14.9 Å². The van der Waals surface area contributed by atoms with E-state index in [2.05, 4.69) is 10.3 Å². The summed E-state index contributed by atoms with van der Waals surface area (Å²) in [4.78, 5) is 17.0. The number of hydrogen-bond donors (Lipinski definition) is 1. The monoisotopic (exact) mass is 377 g/mol. The van der Waals surface area contributed by atoms with Crippen LogP contribution in [0, 0.1) is 18.6 Å². The third-order valence-electron chi connectivity index (χ3n) is 4.52. The largest absolute Gasteiger partial charge is 0.348 e. The van der Waals surface area contributed by atoms with Crippen LogP contribution in [0.1, 0.15) is 21.7 Å². The van der Waals surface area contributed by atoms with Gasteiger partial charge in [0.25, 0.3) is 5.91 Å². The van der Waals surface area contributed by atoms with Crippen LogP contribution in [0.2, 0.25) is 0 Å². The van der Waals surface area contributed by atoms with Crippen molar-refractivity contribution in [2.75, 3.05) is 0 Å². The Bertz CT molecular complexity index is 1170. The lowest BCUT2D eigenvalue weighted by Crippen LogP contribution is -2.22. The topological polar surface area (TPSA) is 46.9 Å². The number of rotatable bonds is 4. The Morgan fingerprint density at radius 2 is 1.79 bits per heavy atom. The summed E-state index contributed by atoms with van der Waals surface area (Å²) >= 11 is 0. The quantitative estimate of drug-likeness (QED) is 0.567. The molecule has 4 rings (SSSR count). The smallest absolute Gasteiger partial charge is 0.251 e. The van der Waals surface area contributed by atoms with Crippen LogP contribution in [0.3, 0.4) is 0 Å². The SMILES string of the molecule is Cc1nc2cc(C(=O)NCc3ccc(F)cc3)ccc2n1-c1cccc(F)c1. The van der Waals surface area contributed by atoms with Gasteiger partial charge in [-0.25, -0.2) is 13.8 Å². The zero-order chi connectivity index (χ0) is 19.7. The number of halogens is 2. The number of aromatic nitrogens is 2. The molecule has 1 heterocycles. The van der Waals surface area contributed by atoms with Crippen LogP contribution < -0.4 is 5.32 Å². The van der Waals surface area contributed by atoms with Crippen LogP contribution in [-0.4, -0.2) is 15.5 Å². The summed E-state index contributed by atoms with van der Waals surface area (Å²) in [6.07, 6.45) is 0. The van der Waals surface area contributed by atoms with Crippen molar-refractivity contribution in [3.05, 3.63) is 95.3 Å². The number of nitrogens with one attached hydrogen (secondary N) is 1. The maximum absolute atomic E-state index is 13.6. The molecule has 28 heavy (non-hydrogen) atoms. The molecular weight excluding hydrogens is 360 g/mol. The summed E-state index contributed by atoms with van der Waals surface area (Å²) in [7, 11) is 0. The van der Waals surface area contributed by atoms with Crippen molar-refractivity contribution >= 4 is 16.9 Å². The van der Waals surface area contributed by atoms with Crippen molar-refractivity contribution in [2.24, 2.45) is 0 Å². The first-order valence-corrected chi connectivity index (χ1v) is 8.79. The van der Waals surface area contributed by atoms with Gasteiger partial charge in [0.05, 0.1) is 16.7 Å². The van der Waals surface area contributed by atoms with E-state index in [1.807, 2.05) is 11.5 Å². The third kappa shape index (κ3) is 3.49. The highest BCUT2D eigenvalue weighted by molar-refractivity contribution is 5.97. The number of carbonyl (C=O) groups excluding carboxylic acids is 1. The first-order valence-electron chi connectivity index (χ1n) is 8.79. The number of hydrogen-bond acceptors (Lipinski definition) is 2. The Kier molecular flexibility index (Phi) is 4.61. The molecule has 0 aliphatic carbocycles. The normalized spacial score (nSPS) is 11.0. The zero-order valence-electron chi connectivity index (χ0n) is 15.1. The number of carbonyl (C=O) groups is 1. The Labute approximate surface area is 160 Å². The fourth-order valence-electron chi connectivity index (χ4n) is 3.17. The fourth-order valence-corrected chi connectivity index (χ4v) is 3.17. The van der Waals surface area contributed by atoms with Gasteiger partial charge in [-0.3, -0.25) is 9.36 Å². The molecule has 0 aliphatic heterocycles. The molecule has 0 saturated heterocycles. The summed E-state index contributed by atoms with van der Waals surface area (Å²) in [6, 6.07) is 17.5. The number of benzene rings is 3. The molecule has 0 aliphatic rings. The fraction of sp³-hybridized carbons (Fsp3) is 0.0909. The molecule has 1 N–H and O–H groups in total. The van der Waals surface area contributed by atoms with Gasteiger partial charge in [-0.15, -0.1) is 0 Å². The summed E-state index contributed by atoms with van der Waals surface area (Å²) in [6.45, 7) is 2.13. The second kappa shape index (κ2) is 7.23. The number of nitrogens with zero attached hydrogens (tertiary/aromatic N) is 2. The molecule has 1 amide bonds. The highest BCUT2D eigenvalue weighted by Gasteiger charge is 2.13. The van der Waals surface area contributed by atoms with Crippen molar-refractivity contribution in [2.45, 2.75) is 13.5 Å². The van der Waals surface area contributed by atoms with Crippen LogP contribution in [-0.2, 0) is 6.54 Å². The van der Waals surface area contributed by atoms with Crippen molar-refractivity contribution in [3.63, 3.8) is 0 Å². The molecule has 0 atom stereocenters. The van der Waals surface area contributed by atoms with Crippen LogP contribution in [0.4, 0.5) is 8.78 Å². The minimum Gasteiger partial charge on any atom is -0.348 e. The highest BCUT2D eigenvalue weighted by Crippen LogP contribution is 2.23. The molecule has 0 saturated carbocycles. The number of imidazole rings is 1. The molecule has 0 fully saturated rings. The average molecular weight is 377 g/mol. The molecule has 3 aromatic carbocycles. The molecule has 0 unspecified atom stereocenters. The van der Waals surface area contributed by atoms with Gasteiger partial charge in [0, 0.05) is 12.1 Å². The predicted molar refractivity (Wildman–Crippen MR) is 103 cm³/mol. The lowest BCUT2D eigenvalue weighted by atomic mass is 10.1. The van der Waals surface area contributed by atoms with Crippen molar-refractivity contribution in [3.8, 4) is 5.69 Å². The van der Waals surface area contributed by atoms with Crippen molar-refractivity contribution < 1.29 is 13.6 Å². The molecule has 4 aromatic rings. The lowest BCUT2D eigenvalue weighted by molar-refractivity contribution is 0.0951. The minimum atomic E-state index is -0.324. The summed E-state index contributed by atoms with van der Waals surface area (Å²) in [5.74, 6) is -0.186. The maximum atomic E-state index is 13.6. The van der Waals surface area contributed by atoms with E-state index in [0.717, 1.165) is 11.1 Å². The minimum absolute atomic E-state index is 0.246. The standard InChI is InChI=1S/C22H17F2N3O/c1-14-26-20-11-16(22(28)25-13-15-5-8-17(23)9-6-15)7-10-21(20)27(14)19-4-2-3-18(24)12-19/h2-12H,13H2,1H3,(H,25,28). The van der Waals surface area contributed by atoms with Gasteiger partial charge >= 0.3 is 0 Å². The second-order valence-electron chi connectivity index (χ2n) is 6.49. The van der Waals surface area contributed by atoms with E-state index in [1.54, 1.807) is 42.5 Å². The zero-order valence-corrected chi connectivity index (χ0v) is 15.1. The van der Waals surface area contributed by atoms with Crippen LogP contribution in [0.15, 0.2) is 66.7 Å². The van der Waals surface area contributed by atoms with Gasteiger partial charge in [0.2, 0.25) is 0 Å². The predicted octanol–water partition coefficient (Wildman–Crippen LogP) is 4.54. The van der Waals surface area contributed by atoms with Crippen molar-refractivity contribution in [1.29, 1.82) is 0 Å². The van der Waals surface area contributed by atoms with E-state index in [-0.39, 0.29) is 17.5 Å². The van der Waals surface area contributed by atoms with E-state index in [1.165, 1.54) is 24.3 Å². The molecule has 0 spiro atoms. The summed E-state index contributed by atoms with van der Waals surface area (Å²) in [5.41, 5.74) is 3.39. The van der Waals surface area contributed by atoms with Crippen LogP contribution in [0.25, 0.3) is 16.7 Å². The van der Waals surface area contributed by atoms with E-state index >= 15 is 0 Å². The highest BCUT2D eigenvalue weighted by atomic mass is 19.1. The number of amides is 1. The summed E-state index contributed by atoms with van der Waals surface area (Å²) in [5, 5.41) is 2.81. The van der Waals surface area contributed by atoms with Gasteiger partial charge in [-0.2, -0.15) is 0 Å². The Balaban J connectivity index is 1.59. The number of fused-ring (bicyclic) bond motifs is 1. The molecule has 4 nitrogen and oxygen atoms in total. The van der Waals surface area contributed by atoms with E-state index < -0.39 is 0 Å². The Hall–Kier alpha value is -3.54. The first-order chi connectivity index (χ1) is 13.5. The van der Waals surface area contributed by atoms with Gasteiger partial charge in [-0.05, 0) is 61.0 Å². The lowest BCUT2D eigenvalue weighted by Gasteiger charge is -2.08. The maximum Gasteiger partial charge on any atom is 0.251 e. The van der Waals surface area contributed by atoms with Gasteiger partial charge in [0.15, 0.2) is 0 Å². The van der Waals surface area contributed by atoms with Crippen LogP contribution >= 0.6 is 0 Å². The van der Waals surface area contributed by atoms with E-state index in [4.69, 9.17) is 0 Å². The Morgan fingerprint density at radius 1 is 1.00 bits per heavy atom. The molecule has 140 valence electrons. The van der Waals surface area contributed by atoms with Crippen LogP contribution in [0.5, 0.6) is 0 Å². The average Bonchev–Trinajstić information content (AvgIpc) is 3.02. The Morgan fingerprint density at radius 3 is 2.54 bits per heavy atom. The van der Waals surface area contributed by atoms with E-state index in [0.29, 0.717) is 29.1 Å². The van der Waals surface area contributed by atoms with E-state index in [9.17, 15) is 13.6 Å².